The fourth-order valence-corrected chi connectivity index (χ4v) is 2.80. The first-order valence-corrected chi connectivity index (χ1v) is 7.62. The zero-order valence-electron chi connectivity index (χ0n) is 15.4. The van der Waals surface area contributed by atoms with Crippen LogP contribution in [0.15, 0.2) is 36.5 Å². The summed E-state index contributed by atoms with van der Waals surface area (Å²) < 4.78 is 10.7. The van der Waals surface area contributed by atoms with Crippen LogP contribution in [0, 0.1) is 6.92 Å². The molecule has 0 fully saturated rings. The summed E-state index contributed by atoms with van der Waals surface area (Å²) >= 11 is 0. The van der Waals surface area contributed by atoms with Crippen molar-refractivity contribution in [1.82, 2.24) is 0 Å². The fraction of sp³-hybridized carbons (Fsp3) is 0.450. The van der Waals surface area contributed by atoms with Gasteiger partial charge in [-0.3, -0.25) is 0 Å². The van der Waals surface area contributed by atoms with Gasteiger partial charge in [0.15, 0.2) is 6.20 Å². The number of hydrogen-bond donors (Lipinski definition) is 0. The molecule has 0 N–H and O–H groups in total. The highest BCUT2D eigenvalue weighted by Crippen LogP contribution is 2.32. The minimum Gasteiger partial charge on any atom is -0.201 e. The Morgan fingerprint density at radius 2 is 1.76 bits per heavy atom. The summed E-state index contributed by atoms with van der Waals surface area (Å²) in [5.74, 6) is -0.607. The van der Waals surface area contributed by atoms with Crippen LogP contribution >= 0.6 is 0 Å². The summed E-state index contributed by atoms with van der Waals surface area (Å²) in [6, 6.07) is 10.7. The van der Waals surface area contributed by atoms with Crippen LogP contribution in [-0.4, -0.2) is 0 Å². The van der Waals surface area contributed by atoms with Crippen molar-refractivity contribution in [3.63, 3.8) is 0 Å². The van der Waals surface area contributed by atoms with Crippen molar-refractivity contribution in [2.45, 2.75) is 52.9 Å². The van der Waals surface area contributed by atoms with Gasteiger partial charge in [0.2, 0.25) is 5.69 Å². The predicted molar refractivity (Wildman–Crippen MR) is 90.6 cm³/mol. The van der Waals surface area contributed by atoms with E-state index in [-0.39, 0.29) is 5.41 Å². The van der Waals surface area contributed by atoms with Crippen LogP contribution in [0.5, 0.6) is 0 Å². The van der Waals surface area contributed by atoms with Crippen molar-refractivity contribution in [2.24, 2.45) is 7.05 Å². The molecule has 0 aliphatic heterocycles. The number of benzene rings is 1. The fourth-order valence-electron chi connectivity index (χ4n) is 2.80. The molecule has 0 aliphatic carbocycles. The lowest BCUT2D eigenvalue weighted by Gasteiger charge is -2.24. The molecule has 2 aromatic rings. The molecule has 21 heavy (non-hydrogen) atoms. The van der Waals surface area contributed by atoms with Crippen LogP contribution in [-0.2, 0) is 12.5 Å². The van der Waals surface area contributed by atoms with Crippen molar-refractivity contribution in [3.05, 3.63) is 53.2 Å². The second-order valence-corrected chi connectivity index (χ2v) is 7.16. The molecule has 1 nitrogen and oxygen atoms in total. The van der Waals surface area contributed by atoms with Gasteiger partial charge in [-0.25, -0.2) is 4.57 Å². The Morgan fingerprint density at radius 3 is 2.29 bits per heavy atom. The van der Waals surface area contributed by atoms with Crippen molar-refractivity contribution in [3.8, 4) is 11.3 Å². The Hall–Kier alpha value is -1.63. The number of hydrogen-bond acceptors (Lipinski definition) is 0. The van der Waals surface area contributed by atoms with Gasteiger partial charge in [-0.1, -0.05) is 52.8 Å². The molecule has 2 rings (SSSR count). The lowest BCUT2D eigenvalue weighted by Crippen LogP contribution is -2.34. The van der Waals surface area contributed by atoms with E-state index in [9.17, 15) is 0 Å². The van der Waals surface area contributed by atoms with Gasteiger partial charge in [0, 0.05) is 18.6 Å². The average molecular weight is 283 g/mol. The molecule has 1 aromatic carbocycles. The lowest BCUT2D eigenvalue weighted by molar-refractivity contribution is -0.661. The molecule has 0 saturated heterocycles. The van der Waals surface area contributed by atoms with Gasteiger partial charge < -0.3 is 0 Å². The molecule has 1 heterocycles. The molecular weight excluding hydrogens is 254 g/mol. The standard InChI is InChI=1S/C20H28N/c1-14(2)17-13-21(7)19(12-18(17)20(4,5)6)16-11-9-8-10-15(16)3/h8-14H,1-7H3/q+1/i14D. The molecule has 1 heteroatoms. The normalized spacial score (nSPS) is 13.2. The molecule has 0 atom stereocenters. The molecule has 0 aliphatic rings. The third-order valence-corrected chi connectivity index (χ3v) is 4.04. The van der Waals surface area contributed by atoms with E-state index >= 15 is 0 Å². The summed E-state index contributed by atoms with van der Waals surface area (Å²) in [5.41, 5.74) is 6.10. The van der Waals surface area contributed by atoms with E-state index in [0.717, 1.165) is 5.56 Å². The first-order valence-electron chi connectivity index (χ1n) is 8.12. The minimum atomic E-state index is -0.607. The van der Waals surface area contributed by atoms with Crippen molar-refractivity contribution in [2.75, 3.05) is 0 Å². The smallest absolute Gasteiger partial charge is 0.201 e. The van der Waals surface area contributed by atoms with Crippen LogP contribution in [0.1, 0.15) is 58.6 Å². The quantitative estimate of drug-likeness (QED) is 0.690. The van der Waals surface area contributed by atoms with Gasteiger partial charge >= 0.3 is 0 Å². The topological polar surface area (TPSA) is 3.88 Å². The number of nitrogens with zero attached hydrogens (tertiary/aromatic N) is 1. The minimum absolute atomic E-state index is 0.0132. The van der Waals surface area contributed by atoms with Crippen LogP contribution in [0.25, 0.3) is 11.3 Å². The molecule has 0 amide bonds. The van der Waals surface area contributed by atoms with E-state index in [2.05, 4.69) is 75.8 Å². The molecule has 112 valence electrons. The van der Waals surface area contributed by atoms with Gasteiger partial charge in [0.25, 0.3) is 0 Å². The average Bonchev–Trinajstić information content (AvgIpc) is 2.37. The maximum atomic E-state index is 8.49. The van der Waals surface area contributed by atoms with Gasteiger partial charge in [-0.15, -0.1) is 0 Å². The monoisotopic (exact) mass is 283 g/mol. The van der Waals surface area contributed by atoms with Crippen LogP contribution < -0.4 is 4.57 Å². The summed E-state index contributed by atoms with van der Waals surface area (Å²) in [6.45, 7) is 12.7. The Labute approximate surface area is 131 Å². The zero-order valence-corrected chi connectivity index (χ0v) is 14.4. The Balaban J connectivity index is 2.77. The second-order valence-electron chi connectivity index (χ2n) is 7.16. The maximum Gasteiger partial charge on any atom is 0.212 e. The van der Waals surface area contributed by atoms with Gasteiger partial charge in [-0.2, -0.15) is 0 Å². The van der Waals surface area contributed by atoms with Crippen molar-refractivity contribution < 1.29 is 5.94 Å². The highest BCUT2D eigenvalue weighted by atomic mass is 14.9. The summed E-state index contributed by atoms with van der Waals surface area (Å²) in [6.07, 6.45) is 2.13. The molecule has 0 unspecified atom stereocenters. The molecule has 0 spiro atoms. The third kappa shape index (κ3) is 3.18. The number of pyridine rings is 1. The molecular formula is C20H28N+. The lowest BCUT2D eigenvalue weighted by atomic mass is 9.80. The van der Waals surface area contributed by atoms with E-state index < -0.39 is 5.89 Å². The van der Waals surface area contributed by atoms with E-state index in [0.29, 0.717) is 0 Å². The van der Waals surface area contributed by atoms with Crippen molar-refractivity contribution >= 4 is 0 Å². The summed E-state index contributed by atoms with van der Waals surface area (Å²) in [4.78, 5) is 0. The zero-order chi connectivity index (χ0) is 16.7. The highest BCUT2D eigenvalue weighted by Gasteiger charge is 2.25. The SMILES string of the molecule is [2H]C(C)(C)c1c[n+](C)c(-c2ccccc2C)cc1C(C)(C)C. The Kier molecular flexibility index (Phi) is 3.84. The maximum absolute atomic E-state index is 8.49. The van der Waals surface area contributed by atoms with E-state index in [1.54, 1.807) is 0 Å². The molecule has 1 aromatic heterocycles. The van der Waals surface area contributed by atoms with Crippen LogP contribution in [0.3, 0.4) is 0 Å². The predicted octanol–water partition coefficient (Wildman–Crippen LogP) is 4.91. The Morgan fingerprint density at radius 1 is 1.14 bits per heavy atom. The highest BCUT2D eigenvalue weighted by molar-refractivity contribution is 5.62. The van der Waals surface area contributed by atoms with Gasteiger partial charge in [0.05, 0.1) is 0 Å². The first kappa shape index (κ1) is 14.3. The number of aromatic nitrogens is 1. The van der Waals surface area contributed by atoms with E-state index in [1.807, 2.05) is 13.8 Å². The van der Waals surface area contributed by atoms with E-state index in [1.165, 1.54) is 22.4 Å². The molecule has 0 bridgehead atoms. The Bertz CT molecular complexity index is 688. The first-order chi connectivity index (χ1) is 10.0. The largest absolute Gasteiger partial charge is 0.212 e. The third-order valence-electron chi connectivity index (χ3n) is 4.04. The number of rotatable bonds is 2. The summed E-state index contributed by atoms with van der Waals surface area (Å²) in [7, 11) is 2.07. The van der Waals surface area contributed by atoms with Gasteiger partial charge in [0.1, 0.15) is 7.05 Å². The molecule has 0 radical (unpaired) electrons. The number of aryl methyl sites for hydroxylation is 2. The summed E-state index contributed by atoms with van der Waals surface area (Å²) in [5, 5.41) is 0. The van der Waals surface area contributed by atoms with Crippen LogP contribution in [0.2, 0.25) is 0 Å². The van der Waals surface area contributed by atoms with E-state index in [4.69, 9.17) is 1.37 Å². The second kappa shape index (κ2) is 5.63. The van der Waals surface area contributed by atoms with Gasteiger partial charge in [-0.05, 0) is 35.4 Å². The van der Waals surface area contributed by atoms with Crippen LogP contribution in [0.4, 0.5) is 0 Å². The molecule has 0 saturated carbocycles. The van der Waals surface area contributed by atoms with Crippen molar-refractivity contribution in [1.29, 1.82) is 0 Å².